The number of carbonyl (C=O) groups excluding carboxylic acids is 1. The topological polar surface area (TPSA) is 69.0 Å². The van der Waals surface area contributed by atoms with Crippen molar-refractivity contribution >= 4 is 33.3 Å². The van der Waals surface area contributed by atoms with Crippen LogP contribution in [-0.2, 0) is 11.2 Å². The number of anilines is 1. The molecular formula is C23H24N4O2S. The highest BCUT2D eigenvalue weighted by Gasteiger charge is 2.16. The number of ether oxygens (including phenoxy) is 1. The Balaban J connectivity index is 1.56. The Kier molecular flexibility index (Phi) is 5.55. The predicted molar refractivity (Wildman–Crippen MR) is 121 cm³/mol. The number of hydrogen-bond acceptors (Lipinski definition) is 5. The van der Waals surface area contributed by atoms with Crippen molar-refractivity contribution in [1.29, 1.82) is 0 Å². The van der Waals surface area contributed by atoms with Crippen LogP contribution in [0.4, 0.5) is 5.82 Å². The molecule has 6 nitrogen and oxygen atoms in total. The van der Waals surface area contributed by atoms with Crippen LogP contribution in [-0.4, -0.2) is 27.3 Å². The fourth-order valence-corrected chi connectivity index (χ4v) is 4.53. The monoisotopic (exact) mass is 420 g/mol. The molecule has 2 aromatic carbocycles. The van der Waals surface area contributed by atoms with Crippen molar-refractivity contribution in [2.24, 2.45) is 0 Å². The first kappa shape index (κ1) is 20.1. The average molecular weight is 421 g/mol. The summed E-state index contributed by atoms with van der Waals surface area (Å²) in [5.41, 5.74) is 5.05. The zero-order chi connectivity index (χ0) is 21.3. The molecule has 0 spiro atoms. The molecule has 0 aliphatic heterocycles. The molecule has 0 aliphatic carbocycles. The molecule has 0 saturated heterocycles. The van der Waals surface area contributed by atoms with Gasteiger partial charge in [0.15, 0.2) is 0 Å². The highest BCUT2D eigenvalue weighted by Crippen LogP contribution is 2.30. The van der Waals surface area contributed by atoms with E-state index in [0.29, 0.717) is 12.4 Å². The number of aromatic nitrogens is 3. The Morgan fingerprint density at radius 3 is 2.63 bits per heavy atom. The molecule has 30 heavy (non-hydrogen) atoms. The SMILES string of the molecule is CCOc1ccc(CC(=O)Nc2cc(C)nn2-c2nc3c(C)cc(C)cc3s2)cc1. The van der Waals surface area contributed by atoms with E-state index in [1.807, 2.05) is 44.2 Å². The van der Waals surface area contributed by atoms with E-state index >= 15 is 0 Å². The first-order valence-corrected chi connectivity index (χ1v) is 10.7. The first-order chi connectivity index (χ1) is 14.4. The zero-order valence-corrected chi connectivity index (χ0v) is 18.3. The normalized spacial score (nSPS) is 11.1. The highest BCUT2D eigenvalue weighted by atomic mass is 32.1. The van der Waals surface area contributed by atoms with E-state index in [-0.39, 0.29) is 12.3 Å². The van der Waals surface area contributed by atoms with Crippen molar-refractivity contribution in [1.82, 2.24) is 14.8 Å². The van der Waals surface area contributed by atoms with Gasteiger partial charge in [-0.3, -0.25) is 4.79 Å². The second-order valence-corrected chi connectivity index (χ2v) is 8.32. The number of fused-ring (bicyclic) bond motifs is 1. The van der Waals surface area contributed by atoms with Crippen LogP contribution in [0, 0.1) is 20.8 Å². The number of benzene rings is 2. The lowest BCUT2D eigenvalue weighted by Crippen LogP contribution is -2.17. The number of rotatable bonds is 6. The number of amides is 1. The highest BCUT2D eigenvalue weighted by molar-refractivity contribution is 7.20. The van der Waals surface area contributed by atoms with Gasteiger partial charge in [-0.2, -0.15) is 9.78 Å². The van der Waals surface area contributed by atoms with Crippen molar-refractivity contribution in [3.8, 4) is 10.9 Å². The summed E-state index contributed by atoms with van der Waals surface area (Å²) in [5.74, 6) is 1.32. The Morgan fingerprint density at radius 1 is 1.13 bits per heavy atom. The molecule has 0 saturated carbocycles. The summed E-state index contributed by atoms with van der Waals surface area (Å²) in [6, 6.07) is 13.7. The van der Waals surface area contributed by atoms with E-state index in [4.69, 9.17) is 9.72 Å². The summed E-state index contributed by atoms with van der Waals surface area (Å²) in [6.45, 7) is 8.61. The van der Waals surface area contributed by atoms with Crippen LogP contribution in [0.1, 0.15) is 29.3 Å². The van der Waals surface area contributed by atoms with Gasteiger partial charge in [-0.15, -0.1) is 0 Å². The van der Waals surface area contributed by atoms with Crippen molar-refractivity contribution < 1.29 is 9.53 Å². The van der Waals surface area contributed by atoms with E-state index in [0.717, 1.165) is 37.9 Å². The molecule has 154 valence electrons. The van der Waals surface area contributed by atoms with Gasteiger partial charge >= 0.3 is 0 Å². The number of thiazole rings is 1. The van der Waals surface area contributed by atoms with Crippen LogP contribution in [0.3, 0.4) is 0 Å². The summed E-state index contributed by atoms with van der Waals surface area (Å²) < 4.78 is 8.28. The molecule has 0 fully saturated rings. The van der Waals surface area contributed by atoms with Crippen LogP contribution in [0.15, 0.2) is 42.5 Å². The molecule has 0 unspecified atom stereocenters. The maximum absolute atomic E-state index is 12.7. The Hall–Kier alpha value is -3.19. The fourth-order valence-electron chi connectivity index (χ4n) is 3.43. The van der Waals surface area contributed by atoms with Crippen molar-refractivity contribution in [3.05, 3.63) is 64.8 Å². The van der Waals surface area contributed by atoms with Crippen LogP contribution >= 0.6 is 11.3 Å². The minimum absolute atomic E-state index is 0.103. The van der Waals surface area contributed by atoms with Crippen molar-refractivity contribution in [2.75, 3.05) is 11.9 Å². The van der Waals surface area contributed by atoms with Crippen LogP contribution in [0.2, 0.25) is 0 Å². The van der Waals surface area contributed by atoms with Gasteiger partial charge in [0.05, 0.1) is 28.9 Å². The van der Waals surface area contributed by atoms with Gasteiger partial charge in [0.2, 0.25) is 11.0 Å². The predicted octanol–water partition coefficient (Wildman–Crippen LogP) is 4.99. The number of nitrogens with zero attached hydrogens (tertiary/aromatic N) is 3. The van der Waals surface area contributed by atoms with E-state index in [1.165, 1.54) is 5.56 Å². The summed E-state index contributed by atoms with van der Waals surface area (Å²) in [5, 5.41) is 8.28. The second-order valence-electron chi connectivity index (χ2n) is 7.31. The fraction of sp³-hybridized carbons (Fsp3) is 0.261. The van der Waals surface area contributed by atoms with E-state index in [9.17, 15) is 4.79 Å². The molecular weight excluding hydrogens is 396 g/mol. The van der Waals surface area contributed by atoms with Gasteiger partial charge in [-0.1, -0.05) is 29.5 Å². The summed E-state index contributed by atoms with van der Waals surface area (Å²) in [4.78, 5) is 17.4. The summed E-state index contributed by atoms with van der Waals surface area (Å²) >= 11 is 1.57. The smallest absolute Gasteiger partial charge is 0.229 e. The lowest BCUT2D eigenvalue weighted by atomic mass is 10.1. The lowest BCUT2D eigenvalue weighted by molar-refractivity contribution is -0.115. The van der Waals surface area contributed by atoms with Gasteiger partial charge in [0.1, 0.15) is 11.6 Å². The molecule has 2 heterocycles. The Labute approximate surface area is 179 Å². The molecule has 4 rings (SSSR count). The van der Waals surface area contributed by atoms with Gasteiger partial charge in [-0.05, 0) is 62.6 Å². The molecule has 0 bridgehead atoms. The molecule has 4 aromatic rings. The van der Waals surface area contributed by atoms with E-state index < -0.39 is 0 Å². The van der Waals surface area contributed by atoms with Crippen LogP contribution in [0.25, 0.3) is 15.3 Å². The standard InChI is InChI=1S/C23H24N4O2S/c1-5-29-18-8-6-17(7-9-18)13-21(28)24-20-12-16(4)26-27(20)23-25-22-15(3)10-14(2)11-19(22)30-23/h6-12H,5,13H2,1-4H3,(H,24,28). The molecule has 2 aromatic heterocycles. The van der Waals surface area contributed by atoms with Gasteiger partial charge in [0, 0.05) is 6.07 Å². The molecule has 1 amide bonds. The minimum Gasteiger partial charge on any atom is -0.494 e. The van der Waals surface area contributed by atoms with Crippen LogP contribution < -0.4 is 10.1 Å². The zero-order valence-electron chi connectivity index (χ0n) is 17.5. The van der Waals surface area contributed by atoms with E-state index in [1.54, 1.807) is 16.0 Å². The maximum Gasteiger partial charge on any atom is 0.229 e. The maximum atomic E-state index is 12.7. The van der Waals surface area contributed by atoms with Gasteiger partial charge in [0.25, 0.3) is 0 Å². The summed E-state index contributed by atoms with van der Waals surface area (Å²) in [6.07, 6.45) is 0.273. The van der Waals surface area contributed by atoms with Crippen molar-refractivity contribution in [2.45, 2.75) is 34.1 Å². The van der Waals surface area contributed by atoms with Crippen molar-refractivity contribution in [3.63, 3.8) is 0 Å². The largest absolute Gasteiger partial charge is 0.494 e. The minimum atomic E-state index is -0.103. The van der Waals surface area contributed by atoms with Gasteiger partial charge in [-0.25, -0.2) is 4.98 Å². The third-order valence-corrected chi connectivity index (χ3v) is 5.68. The lowest BCUT2D eigenvalue weighted by Gasteiger charge is -2.07. The number of hydrogen-bond donors (Lipinski definition) is 1. The summed E-state index contributed by atoms with van der Waals surface area (Å²) in [7, 11) is 0. The van der Waals surface area contributed by atoms with Gasteiger partial charge < -0.3 is 10.1 Å². The second kappa shape index (κ2) is 8.28. The molecule has 0 radical (unpaired) electrons. The quantitative estimate of drug-likeness (QED) is 0.477. The number of carbonyl (C=O) groups is 1. The third kappa shape index (κ3) is 4.21. The number of nitrogens with one attached hydrogen (secondary N) is 1. The van der Waals surface area contributed by atoms with E-state index in [2.05, 4.69) is 36.4 Å². The Bertz CT molecular complexity index is 1210. The molecule has 1 N–H and O–H groups in total. The van der Waals surface area contributed by atoms with Crippen LogP contribution in [0.5, 0.6) is 5.75 Å². The molecule has 0 atom stereocenters. The molecule has 0 aliphatic rings. The third-order valence-electron chi connectivity index (χ3n) is 4.70. The molecule has 7 heteroatoms. The first-order valence-electron chi connectivity index (χ1n) is 9.89. The average Bonchev–Trinajstić information content (AvgIpc) is 3.26. The number of aryl methyl sites for hydroxylation is 3. The Morgan fingerprint density at radius 2 is 1.90 bits per heavy atom.